The van der Waals surface area contributed by atoms with Crippen LogP contribution >= 0.6 is 11.6 Å². The van der Waals surface area contributed by atoms with Crippen molar-refractivity contribution in [2.75, 3.05) is 7.05 Å². The van der Waals surface area contributed by atoms with Crippen LogP contribution in [0.3, 0.4) is 0 Å². The van der Waals surface area contributed by atoms with Crippen molar-refractivity contribution >= 4 is 54.6 Å². The standard InChI is InChI=1S/C25H21ClN6O3S/c1-27-36(34,35)15-8-9-18-21(12-15)32(14-7-10-20-22(11-14)31(3)25(33)30(20)2)24(29-18)16-13-28-19-6-4-5-17(26)23(16)19/h4-13,27-28H,1-3H3. The van der Waals surface area contributed by atoms with Gasteiger partial charge >= 0.3 is 5.69 Å². The molecule has 3 aromatic heterocycles. The number of halogens is 1. The van der Waals surface area contributed by atoms with Gasteiger partial charge in [-0.15, -0.1) is 0 Å². The maximum absolute atomic E-state index is 12.6. The van der Waals surface area contributed by atoms with Crippen molar-refractivity contribution in [3.05, 3.63) is 76.3 Å². The summed E-state index contributed by atoms with van der Waals surface area (Å²) in [6.45, 7) is 0. The lowest BCUT2D eigenvalue weighted by Gasteiger charge is -2.11. The SMILES string of the molecule is CNS(=O)(=O)c1ccc2nc(-c3c[nH]c4cccc(Cl)c34)n(-c3ccc4c(c3)n(C)c(=O)n4C)c2c1. The van der Waals surface area contributed by atoms with Gasteiger partial charge in [0, 0.05) is 42.4 Å². The van der Waals surface area contributed by atoms with Crippen LogP contribution in [0.5, 0.6) is 0 Å². The quantitative estimate of drug-likeness (QED) is 0.367. The molecule has 0 atom stereocenters. The maximum atomic E-state index is 12.6. The highest BCUT2D eigenvalue weighted by molar-refractivity contribution is 7.89. The minimum Gasteiger partial charge on any atom is -0.360 e. The first-order chi connectivity index (χ1) is 17.2. The highest BCUT2D eigenvalue weighted by Crippen LogP contribution is 2.37. The molecule has 0 aliphatic rings. The molecule has 9 nitrogen and oxygen atoms in total. The third kappa shape index (κ3) is 3.15. The van der Waals surface area contributed by atoms with Gasteiger partial charge in [0.25, 0.3) is 0 Å². The van der Waals surface area contributed by atoms with Crippen LogP contribution in [0.4, 0.5) is 0 Å². The lowest BCUT2D eigenvalue weighted by molar-refractivity contribution is 0.588. The number of rotatable bonds is 4. The predicted molar refractivity (Wildman–Crippen MR) is 141 cm³/mol. The first kappa shape index (κ1) is 22.6. The third-order valence-electron chi connectivity index (χ3n) is 6.61. The molecule has 0 bridgehead atoms. The van der Waals surface area contributed by atoms with E-state index in [1.54, 1.807) is 35.4 Å². The first-order valence-corrected chi connectivity index (χ1v) is 13.0. The van der Waals surface area contributed by atoms with E-state index in [9.17, 15) is 13.2 Å². The fourth-order valence-electron chi connectivity index (χ4n) is 4.73. The third-order valence-corrected chi connectivity index (χ3v) is 8.34. The first-order valence-electron chi connectivity index (χ1n) is 11.1. The molecule has 0 fully saturated rings. The molecule has 0 aliphatic heterocycles. The van der Waals surface area contributed by atoms with Gasteiger partial charge in [-0.2, -0.15) is 0 Å². The summed E-state index contributed by atoms with van der Waals surface area (Å²) in [5, 5.41) is 1.38. The van der Waals surface area contributed by atoms with Crippen LogP contribution in [0, 0.1) is 0 Å². The molecule has 3 heterocycles. The topological polar surface area (TPSA) is 107 Å². The van der Waals surface area contributed by atoms with Crippen molar-refractivity contribution in [2.24, 2.45) is 14.1 Å². The zero-order valence-electron chi connectivity index (χ0n) is 19.6. The minimum atomic E-state index is -3.69. The Hall–Kier alpha value is -3.86. The van der Waals surface area contributed by atoms with Crippen LogP contribution in [-0.2, 0) is 24.1 Å². The molecule has 0 unspecified atom stereocenters. The van der Waals surface area contributed by atoms with Gasteiger partial charge in [0.2, 0.25) is 10.0 Å². The Morgan fingerprint density at radius 2 is 1.75 bits per heavy atom. The molecule has 6 rings (SSSR count). The highest BCUT2D eigenvalue weighted by Gasteiger charge is 2.22. The molecule has 11 heteroatoms. The fourth-order valence-corrected chi connectivity index (χ4v) is 5.76. The van der Waals surface area contributed by atoms with Crippen molar-refractivity contribution in [1.29, 1.82) is 0 Å². The predicted octanol–water partition coefficient (Wildman–Crippen LogP) is 3.93. The van der Waals surface area contributed by atoms with Gasteiger partial charge in [-0.05, 0) is 55.6 Å². The molecule has 36 heavy (non-hydrogen) atoms. The average molecular weight is 521 g/mol. The molecule has 182 valence electrons. The van der Waals surface area contributed by atoms with Gasteiger partial charge < -0.3 is 4.98 Å². The zero-order chi connectivity index (χ0) is 25.4. The van der Waals surface area contributed by atoms with Gasteiger partial charge in [0.05, 0.1) is 32.0 Å². The van der Waals surface area contributed by atoms with Gasteiger partial charge in [0.15, 0.2) is 0 Å². The summed E-state index contributed by atoms with van der Waals surface area (Å²) in [6.07, 6.45) is 1.84. The number of H-pyrrole nitrogens is 1. The highest BCUT2D eigenvalue weighted by atomic mass is 35.5. The number of nitrogens with one attached hydrogen (secondary N) is 2. The second-order valence-electron chi connectivity index (χ2n) is 8.57. The van der Waals surface area contributed by atoms with Crippen molar-refractivity contribution in [3.63, 3.8) is 0 Å². The Kier molecular flexibility index (Phi) is 4.91. The number of aromatic amines is 1. The van der Waals surface area contributed by atoms with E-state index in [0.717, 1.165) is 33.2 Å². The number of fused-ring (bicyclic) bond motifs is 3. The van der Waals surface area contributed by atoms with Crippen molar-refractivity contribution in [1.82, 2.24) is 28.4 Å². The van der Waals surface area contributed by atoms with Crippen molar-refractivity contribution < 1.29 is 8.42 Å². The number of imidazole rings is 2. The number of aryl methyl sites for hydroxylation is 2. The van der Waals surface area contributed by atoms with Gasteiger partial charge in [-0.25, -0.2) is 22.9 Å². The largest absolute Gasteiger partial charge is 0.360 e. The fraction of sp³-hybridized carbons (Fsp3) is 0.120. The van der Waals surface area contributed by atoms with E-state index in [1.165, 1.54) is 13.1 Å². The number of hydrogen-bond acceptors (Lipinski definition) is 4. The van der Waals surface area contributed by atoms with Crippen molar-refractivity contribution in [3.8, 4) is 17.1 Å². The monoisotopic (exact) mass is 520 g/mol. The number of benzene rings is 3. The van der Waals surface area contributed by atoms with Crippen LogP contribution in [0.25, 0.3) is 50.0 Å². The van der Waals surface area contributed by atoms with E-state index in [0.29, 0.717) is 21.9 Å². The van der Waals surface area contributed by atoms with Crippen LogP contribution < -0.4 is 10.4 Å². The van der Waals surface area contributed by atoms with E-state index in [1.807, 2.05) is 47.2 Å². The van der Waals surface area contributed by atoms with Crippen molar-refractivity contribution in [2.45, 2.75) is 4.90 Å². The van der Waals surface area contributed by atoms with Crippen LogP contribution in [-0.4, -0.2) is 39.1 Å². The number of aromatic nitrogens is 5. The summed E-state index contributed by atoms with van der Waals surface area (Å²) >= 11 is 6.59. The van der Waals surface area contributed by atoms with Crippen LogP contribution in [0.15, 0.2) is 70.5 Å². The van der Waals surface area contributed by atoms with Crippen LogP contribution in [0.1, 0.15) is 0 Å². The average Bonchev–Trinajstić information content (AvgIpc) is 3.53. The summed E-state index contributed by atoms with van der Waals surface area (Å²) in [6, 6.07) is 16.1. The summed E-state index contributed by atoms with van der Waals surface area (Å²) in [5.41, 5.74) is 4.95. The molecular weight excluding hydrogens is 500 g/mol. The number of hydrogen-bond donors (Lipinski definition) is 2. The Balaban J connectivity index is 1.74. The summed E-state index contributed by atoms with van der Waals surface area (Å²) in [5.74, 6) is 0.587. The molecule has 6 aromatic rings. The second-order valence-corrected chi connectivity index (χ2v) is 10.9. The Morgan fingerprint density at radius 1 is 0.972 bits per heavy atom. The summed E-state index contributed by atoms with van der Waals surface area (Å²) in [7, 11) is 1.14. The lowest BCUT2D eigenvalue weighted by atomic mass is 10.1. The van der Waals surface area contributed by atoms with Gasteiger partial charge in [0.1, 0.15) is 5.82 Å². The molecule has 3 aromatic carbocycles. The number of sulfonamides is 1. The number of nitrogens with zero attached hydrogens (tertiary/aromatic N) is 4. The van der Waals surface area contributed by atoms with E-state index < -0.39 is 10.0 Å². The molecule has 0 saturated carbocycles. The van der Waals surface area contributed by atoms with E-state index >= 15 is 0 Å². The van der Waals surface area contributed by atoms with Gasteiger partial charge in [-0.3, -0.25) is 13.7 Å². The maximum Gasteiger partial charge on any atom is 0.328 e. The lowest BCUT2D eigenvalue weighted by Crippen LogP contribution is -2.19. The smallest absolute Gasteiger partial charge is 0.328 e. The normalized spacial score (nSPS) is 12.3. The second kappa shape index (κ2) is 7.82. The Morgan fingerprint density at radius 3 is 2.53 bits per heavy atom. The van der Waals surface area contributed by atoms with E-state index in [2.05, 4.69) is 9.71 Å². The van der Waals surface area contributed by atoms with Crippen LogP contribution in [0.2, 0.25) is 5.02 Å². The molecule has 0 saturated heterocycles. The molecule has 0 radical (unpaired) electrons. The minimum absolute atomic E-state index is 0.121. The Labute approximate surface area is 210 Å². The molecule has 2 N–H and O–H groups in total. The van der Waals surface area contributed by atoms with E-state index in [4.69, 9.17) is 16.6 Å². The zero-order valence-corrected chi connectivity index (χ0v) is 21.1. The molecule has 0 spiro atoms. The summed E-state index contributed by atoms with van der Waals surface area (Å²) in [4.78, 5) is 20.8. The summed E-state index contributed by atoms with van der Waals surface area (Å²) < 4.78 is 32.6. The molecule has 0 aliphatic carbocycles. The van der Waals surface area contributed by atoms with Gasteiger partial charge in [-0.1, -0.05) is 17.7 Å². The molecule has 0 amide bonds. The van der Waals surface area contributed by atoms with E-state index in [-0.39, 0.29) is 10.6 Å². The molecular formula is C25H21ClN6O3S. The Bertz CT molecular complexity index is 2010.